The molecule has 14 atom stereocenters. The number of hydrogen-bond donors (Lipinski definition) is 20. The van der Waals surface area contributed by atoms with Gasteiger partial charge in [-0.3, -0.25) is 86.3 Å². The van der Waals surface area contributed by atoms with Crippen LogP contribution in [0.2, 0.25) is 0 Å². The Morgan fingerprint density at radius 2 is 1.12 bits per heavy atom. The summed E-state index contributed by atoms with van der Waals surface area (Å²) in [6.45, 7) is 3.09. The summed E-state index contributed by atoms with van der Waals surface area (Å²) in [5.74, 6) is -19.6. The van der Waals surface area contributed by atoms with Gasteiger partial charge in [-0.25, -0.2) is 4.98 Å². The number of β-amino-alcohol motifs (C(OH)–C–C–N with tert-alkyl or cyclic N) is 1. The number of phenolic OH excluding ortho intramolecular Hbond substituents is 1. The third kappa shape index (κ3) is 30.0. The third-order valence-electron chi connectivity index (χ3n) is 24.0. The molecule has 3 fully saturated rings. The maximum absolute atomic E-state index is 15.8. The Morgan fingerprint density at radius 1 is 0.566 bits per heavy atom. The van der Waals surface area contributed by atoms with Gasteiger partial charge in [0.25, 0.3) is 0 Å². The van der Waals surface area contributed by atoms with E-state index in [2.05, 4.69) is 73.1 Å². The van der Waals surface area contributed by atoms with Crippen molar-refractivity contribution in [3.63, 3.8) is 0 Å². The van der Waals surface area contributed by atoms with Crippen molar-refractivity contribution in [1.82, 2.24) is 97.6 Å². The Bertz CT molecular complexity index is 5230. The lowest BCUT2D eigenvalue weighted by Crippen LogP contribution is -2.61. The molecule has 3 aromatic carbocycles. The molecule has 3 aliphatic heterocycles. The molecule has 23 N–H and O–H groups in total. The number of unbranched alkanes of at least 4 members (excludes halogenated alkanes) is 2. The van der Waals surface area contributed by atoms with Gasteiger partial charge in [-0.15, -0.1) is 11.8 Å². The van der Waals surface area contributed by atoms with Gasteiger partial charge >= 0.3 is 5.97 Å². The fourth-order valence-electron chi connectivity index (χ4n) is 16.9. The molecule has 3 aliphatic rings. The van der Waals surface area contributed by atoms with Crippen LogP contribution in [0.15, 0.2) is 97.7 Å². The number of carboxylic acid groups (broad SMARTS) is 1. The Labute approximate surface area is 788 Å². The Morgan fingerprint density at radius 3 is 1.71 bits per heavy atom. The zero-order valence-electron chi connectivity index (χ0n) is 77.0. The first-order valence-corrected chi connectivity index (χ1v) is 46.7. The first kappa shape index (κ1) is 106. The summed E-state index contributed by atoms with van der Waals surface area (Å²) in [6, 6.07) is -1.15. The highest BCUT2D eigenvalue weighted by Crippen LogP contribution is 2.28. The average Bonchev–Trinajstić information content (AvgIpc) is 1.63. The molecule has 0 spiro atoms. The van der Waals surface area contributed by atoms with Crippen LogP contribution in [0.4, 0.5) is 0 Å². The van der Waals surface area contributed by atoms with Crippen molar-refractivity contribution in [3.8, 4) is 5.75 Å². The third-order valence-corrected chi connectivity index (χ3v) is 25.0. The van der Waals surface area contributed by atoms with Gasteiger partial charge in [-0.1, -0.05) is 102 Å². The second-order valence-electron chi connectivity index (χ2n) is 34.7. The number of benzene rings is 3. The quantitative estimate of drug-likeness (QED) is 0.0233. The van der Waals surface area contributed by atoms with Crippen molar-refractivity contribution in [2.45, 2.75) is 228 Å². The molecule has 738 valence electrons. The van der Waals surface area contributed by atoms with Crippen molar-refractivity contribution in [2.75, 3.05) is 71.5 Å². The van der Waals surface area contributed by atoms with E-state index in [9.17, 15) is 68.4 Å². The number of amides is 17. The number of aliphatic carboxylic acids is 1. The van der Waals surface area contributed by atoms with Gasteiger partial charge in [0.15, 0.2) is 0 Å². The molecule has 6 heterocycles. The number of aromatic amines is 3. The van der Waals surface area contributed by atoms with Crippen LogP contribution < -0.4 is 70.4 Å². The lowest BCUT2D eigenvalue weighted by Gasteiger charge is -2.36. The zero-order valence-corrected chi connectivity index (χ0v) is 77.8. The number of aromatic nitrogens is 4. The van der Waals surface area contributed by atoms with E-state index in [1.807, 2.05) is 13.8 Å². The van der Waals surface area contributed by atoms with E-state index in [1.165, 1.54) is 60.7 Å². The molecule has 0 aliphatic carbocycles. The van der Waals surface area contributed by atoms with E-state index in [0.29, 0.717) is 64.2 Å². The number of para-hydroxylation sites is 2. The molecular weight excluding hydrogens is 1790 g/mol. The molecule has 9 rings (SSSR count). The van der Waals surface area contributed by atoms with Gasteiger partial charge in [0.05, 0.1) is 44.3 Å². The number of likely N-dealkylation sites (N-methyl/N-ethyl adjacent to an activating group) is 2. The van der Waals surface area contributed by atoms with Crippen molar-refractivity contribution in [3.05, 3.63) is 120 Å². The van der Waals surface area contributed by atoms with Gasteiger partial charge in [-0.05, 0) is 98.4 Å². The van der Waals surface area contributed by atoms with E-state index in [1.54, 1.807) is 74.8 Å². The molecule has 3 saturated heterocycles. The first-order chi connectivity index (χ1) is 64.9. The van der Waals surface area contributed by atoms with Crippen LogP contribution in [0.25, 0.3) is 21.8 Å². The standard InChI is InChI=1S/C91H126N22O22S/c1-7-9-20-70-84(128)104-63(34-50(3)4)81(125)108-69(79(123)98-44-75(94)118)47-136-48-77(120)101-66(35-51-23-25-55(115)26-24-51)88(132)111(32-33-114)46-76(119)100-68(40-74(93)117)90(134)112-31-15-22-71(112)85(129)106-65(38-54-43-95-49-99-54)83(127)103-62(27-28-78(121)122)89(133)113-45-56(116)39-73(113)86(130)105-64(36-52-41-96-59-18-13-11-16-57(52)59)82(126)102-61(29-30-92)80(124)107-67(37-53-42-97-60-19-14-12-17-58(53)60)87(131)110(6)72(21-10-8-2)91(135)109(70)5/h11-14,16-19,23-26,41-43,49-50,56,61-73,96-97,114-116H,7-10,15,20-22,27-40,44-48,92H2,1-6H3,(H2,93,117)(H2,94,118)(H,95,99)(H,98,123)(H,100,119)(H,101,120)(H,102,126)(H,103,127)(H,104,128)(H,105,130)(H,106,129)(H,107,124)(H,108,125)(H,121,122)/t56-,61+,62+,63+,64+,65+,66+,67+,68+,69+,70+,71+,72+,73+/m1/s1. The highest BCUT2D eigenvalue weighted by molar-refractivity contribution is 8.00. The van der Waals surface area contributed by atoms with Gasteiger partial charge in [0.1, 0.15) is 84.3 Å². The summed E-state index contributed by atoms with van der Waals surface area (Å²) < 4.78 is 0. The van der Waals surface area contributed by atoms with Crippen LogP contribution in [0.1, 0.15) is 140 Å². The summed E-state index contributed by atoms with van der Waals surface area (Å²) in [6.07, 6.45) is 1.64. The lowest BCUT2D eigenvalue weighted by atomic mass is 9.99. The van der Waals surface area contributed by atoms with Crippen LogP contribution in [-0.2, 0) is 112 Å². The molecule has 17 amide bonds. The van der Waals surface area contributed by atoms with Crippen molar-refractivity contribution < 1.29 is 107 Å². The minimum atomic E-state index is -1.86. The molecule has 6 aromatic rings. The normalized spacial score (nSPS) is 24.1. The Hall–Kier alpha value is -13.6. The molecule has 0 unspecified atom stereocenters. The van der Waals surface area contributed by atoms with Gasteiger partial charge < -0.3 is 130 Å². The number of aliphatic hydroxyl groups is 2. The molecule has 136 heavy (non-hydrogen) atoms. The van der Waals surface area contributed by atoms with Crippen LogP contribution in [0.3, 0.4) is 0 Å². The fourth-order valence-corrected chi connectivity index (χ4v) is 17.7. The van der Waals surface area contributed by atoms with Crippen LogP contribution in [0, 0.1) is 5.92 Å². The van der Waals surface area contributed by atoms with E-state index < -0.39 is 267 Å². The van der Waals surface area contributed by atoms with Gasteiger partial charge in [0.2, 0.25) is 100 Å². The number of phenols is 1. The van der Waals surface area contributed by atoms with E-state index in [-0.39, 0.29) is 88.2 Å². The molecule has 44 nitrogen and oxygen atoms in total. The number of thioether (sulfide) groups is 1. The van der Waals surface area contributed by atoms with Crippen molar-refractivity contribution in [1.29, 1.82) is 0 Å². The van der Waals surface area contributed by atoms with Crippen LogP contribution in [-0.4, -0.2) is 327 Å². The fraction of sp³-hybridized carbons (Fsp3) is 0.527. The monoisotopic (exact) mass is 1910 g/mol. The summed E-state index contributed by atoms with van der Waals surface area (Å²) in [5.41, 5.74) is 20.2. The topological polar surface area (TPSA) is 663 Å². The van der Waals surface area contributed by atoms with Crippen molar-refractivity contribution >= 4 is 140 Å². The number of nitrogens with zero attached hydrogens (tertiary/aromatic N) is 6. The molecule has 3 aromatic heterocycles. The Kier molecular flexibility index (Phi) is 40.0. The summed E-state index contributed by atoms with van der Waals surface area (Å²) >= 11 is 0.757. The van der Waals surface area contributed by atoms with Crippen LogP contribution in [0.5, 0.6) is 5.75 Å². The number of H-pyrrole nitrogens is 3. The largest absolute Gasteiger partial charge is 0.508 e. The Balaban J connectivity index is 1.11. The number of aliphatic hydroxyl groups excluding tert-OH is 2. The summed E-state index contributed by atoms with van der Waals surface area (Å²) in [7, 11) is 2.74. The zero-order chi connectivity index (χ0) is 99.1. The van der Waals surface area contributed by atoms with E-state index in [0.717, 1.165) is 26.5 Å². The number of carbonyl (C=O) groups is 18. The maximum atomic E-state index is 15.8. The van der Waals surface area contributed by atoms with Gasteiger partial charge in [0, 0.05) is 124 Å². The molecule has 0 saturated carbocycles. The summed E-state index contributed by atoms with van der Waals surface area (Å²) in [5, 5.41) is 69.8. The number of rotatable bonds is 28. The van der Waals surface area contributed by atoms with E-state index >= 15 is 38.4 Å². The predicted molar refractivity (Wildman–Crippen MR) is 496 cm³/mol. The number of carboxylic acids is 1. The molecular formula is C91H126N22O22S. The number of primary amides is 2. The minimum Gasteiger partial charge on any atom is -0.508 e. The van der Waals surface area contributed by atoms with E-state index in [4.69, 9.17) is 17.2 Å². The SMILES string of the molecule is CCCC[C@H]1C(=O)N(C)[C@@H](CCCC)C(=O)N[C@@H](CC(C)C)C(=O)N[C@H](C(=O)NCC(N)=O)CSCC(=O)N[C@@H](Cc2ccc(O)cc2)C(=O)N(CCO)CC(=O)N[C@@H](CC(N)=O)C(=O)N2CCC[C@H]2C(=O)N[C@@H](Cc2cnc[nH]2)C(=O)N[C@@H](CCC(=O)O)C(=O)N2C[C@H](O)C[C@H]2C(=O)N[C@@H](Cc2c[nH]c3ccccc23)C(=O)N[C@@H](CCN)C(=O)N[C@@H](Cc2c[nH]c3ccccc23)C(=O)N1C. The van der Waals surface area contributed by atoms with Gasteiger partial charge in [-0.2, -0.15) is 0 Å². The van der Waals surface area contributed by atoms with Crippen LogP contribution >= 0.6 is 11.8 Å². The number of nitrogens with one attached hydrogen (secondary N) is 13. The van der Waals surface area contributed by atoms with Crippen molar-refractivity contribution in [2.24, 2.45) is 23.1 Å². The molecule has 0 radical (unpaired) electrons. The maximum Gasteiger partial charge on any atom is 0.303 e. The number of aromatic hydroxyl groups is 1. The highest BCUT2D eigenvalue weighted by atomic mass is 32.2. The molecule has 45 heteroatoms. The average molecular weight is 1910 g/mol. The number of carbonyl (C=O) groups excluding carboxylic acids is 17. The summed E-state index contributed by atoms with van der Waals surface area (Å²) in [4.78, 5) is 281. The number of fused-ring (bicyclic) bond motifs is 4. The highest BCUT2D eigenvalue weighted by Gasteiger charge is 2.47. The number of imidazole rings is 1. The second-order valence-corrected chi connectivity index (χ2v) is 35.8. The molecule has 0 bridgehead atoms. The second kappa shape index (κ2) is 51.2. The minimum absolute atomic E-state index is 0.0147. The lowest BCUT2D eigenvalue weighted by molar-refractivity contribution is -0.149. The predicted octanol–water partition coefficient (Wildman–Crippen LogP) is -3.00. The first-order valence-electron chi connectivity index (χ1n) is 45.5. The number of nitrogens with two attached hydrogens (primary N) is 3. The number of hydrogen-bond acceptors (Lipinski definition) is 24. The smallest absolute Gasteiger partial charge is 0.303 e.